The number of anilines is 4. The van der Waals surface area contributed by atoms with Crippen LogP contribution in [0.25, 0.3) is 0 Å². The number of aromatic nitrogens is 2. The molecule has 9 heteroatoms. The summed E-state index contributed by atoms with van der Waals surface area (Å²) in [6.45, 7) is 0.277. The van der Waals surface area contributed by atoms with E-state index < -0.39 is 0 Å². The Morgan fingerprint density at radius 3 is 2.62 bits per heavy atom. The van der Waals surface area contributed by atoms with E-state index in [0.717, 1.165) is 5.69 Å². The molecule has 3 aliphatic heterocycles. The van der Waals surface area contributed by atoms with Gasteiger partial charge in [0, 0.05) is 31.0 Å². The molecule has 0 aliphatic carbocycles. The molecule has 1 saturated heterocycles. The van der Waals surface area contributed by atoms with Crippen molar-refractivity contribution in [2.75, 3.05) is 28.8 Å². The molecule has 1 fully saturated rings. The maximum Gasteiger partial charge on any atom is 0.265 e. The minimum absolute atomic E-state index is 0.237. The van der Waals surface area contributed by atoms with E-state index in [4.69, 9.17) is 23.2 Å². The number of hydrogen-bond donors (Lipinski definition) is 2. The van der Waals surface area contributed by atoms with Gasteiger partial charge in [0.1, 0.15) is 11.4 Å². The van der Waals surface area contributed by atoms with Crippen LogP contribution in [-0.2, 0) is 0 Å². The van der Waals surface area contributed by atoms with Gasteiger partial charge >= 0.3 is 0 Å². The molecular formula is C23H20Cl2N6O. The first kappa shape index (κ1) is 19.8. The normalized spacial score (nSPS) is 21.0. The molecule has 7 nitrogen and oxygen atoms in total. The second-order valence-corrected chi connectivity index (χ2v) is 9.21. The van der Waals surface area contributed by atoms with E-state index in [0.29, 0.717) is 45.1 Å². The Labute approximate surface area is 195 Å². The standard InChI is InChI=1S/C23H20Cl2N6O/c1-30-11-31(20-16(24)3-2-4-17(20)25)22(32)15-10-26-23(29-21(15)30)27-12-5-6-13-14(9-12)19-8-7-18(13)28-19/h2-6,9-10,18-19,28H,7-8,11H2,1H3,(H,26,27,29). The predicted molar refractivity (Wildman–Crippen MR) is 126 cm³/mol. The fraction of sp³-hybridized carbons (Fsp3) is 0.261. The van der Waals surface area contributed by atoms with Crippen molar-refractivity contribution in [3.63, 3.8) is 0 Å². The van der Waals surface area contributed by atoms with Crippen molar-refractivity contribution in [1.29, 1.82) is 0 Å². The Morgan fingerprint density at radius 2 is 1.84 bits per heavy atom. The number of fused-ring (bicyclic) bond motifs is 6. The average molecular weight is 467 g/mol. The van der Waals surface area contributed by atoms with Crippen molar-refractivity contribution in [3.05, 3.63) is 69.3 Å². The number of nitrogens with one attached hydrogen (secondary N) is 2. The van der Waals surface area contributed by atoms with Crippen LogP contribution in [0.3, 0.4) is 0 Å². The van der Waals surface area contributed by atoms with Crippen LogP contribution in [0.1, 0.15) is 46.4 Å². The highest BCUT2D eigenvalue weighted by Gasteiger charge is 2.36. The van der Waals surface area contributed by atoms with Crippen LogP contribution in [-0.4, -0.2) is 29.6 Å². The molecule has 0 spiro atoms. The van der Waals surface area contributed by atoms with Crippen molar-refractivity contribution in [3.8, 4) is 0 Å². The fourth-order valence-electron chi connectivity index (χ4n) is 4.92. The van der Waals surface area contributed by atoms with Gasteiger partial charge in [0.05, 0.1) is 22.4 Å². The van der Waals surface area contributed by atoms with Gasteiger partial charge in [0.15, 0.2) is 0 Å². The van der Waals surface area contributed by atoms with E-state index in [1.165, 1.54) is 24.0 Å². The Hall–Kier alpha value is -2.87. The highest BCUT2D eigenvalue weighted by molar-refractivity contribution is 6.40. The smallest absolute Gasteiger partial charge is 0.265 e. The summed E-state index contributed by atoms with van der Waals surface area (Å²) in [5, 5.41) is 7.77. The first-order valence-electron chi connectivity index (χ1n) is 10.5. The average Bonchev–Trinajstić information content (AvgIpc) is 3.39. The fourth-order valence-corrected chi connectivity index (χ4v) is 5.52. The first-order chi connectivity index (χ1) is 15.5. The molecule has 2 atom stereocenters. The monoisotopic (exact) mass is 466 g/mol. The van der Waals surface area contributed by atoms with E-state index in [1.807, 2.05) is 11.9 Å². The lowest BCUT2D eigenvalue weighted by Crippen LogP contribution is -2.46. The summed E-state index contributed by atoms with van der Waals surface area (Å²) in [4.78, 5) is 25.7. The number of hydrogen-bond acceptors (Lipinski definition) is 6. The second kappa shape index (κ2) is 7.33. The van der Waals surface area contributed by atoms with E-state index in [1.54, 1.807) is 29.3 Å². The maximum atomic E-state index is 13.2. The largest absolute Gasteiger partial charge is 0.341 e. The van der Waals surface area contributed by atoms with Crippen LogP contribution in [0.5, 0.6) is 0 Å². The molecule has 2 aromatic carbocycles. The van der Waals surface area contributed by atoms with Gasteiger partial charge in [-0.3, -0.25) is 9.69 Å². The Kier molecular flexibility index (Phi) is 4.54. The van der Waals surface area contributed by atoms with E-state index in [2.05, 4.69) is 38.8 Å². The van der Waals surface area contributed by atoms with E-state index in [-0.39, 0.29) is 12.6 Å². The van der Waals surface area contributed by atoms with E-state index in [9.17, 15) is 4.79 Å². The van der Waals surface area contributed by atoms with Gasteiger partial charge in [-0.2, -0.15) is 4.98 Å². The number of benzene rings is 2. The van der Waals surface area contributed by atoms with Crippen molar-refractivity contribution >= 4 is 52.3 Å². The van der Waals surface area contributed by atoms with Crippen LogP contribution in [0.2, 0.25) is 10.0 Å². The summed E-state index contributed by atoms with van der Waals surface area (Å²) in [6, 6.07) is 12.5. The topological polar surface area (TPSA) is 73.4 Å². The van der Waals surface area contributed by atoms with Gasteiger partial charge in [-0.15, -0.1) is 0 Å². The highest BCUT2D eigenvalue weighted by atomic mass is 35.5. The molecule has 2 unspecified atom stereocenters. The second-order valence-electron chi connectivity index (χ2n) is 8.39. The summed E-state index contributed by atoms with van der Waals surface area (Å²) in [7, 11) is 1.87. The SMILES string of the molecule is CN1CN(c2c(Cl)cccc2Cl)C(=O)c2cnc(Nc3ccc4c(c3)C3CCC4N3)nc21. The lowest BCUT2D eigenvalue weighted by molar-refractivity contribution is 0.0982. The predicted octanol–water partition coefficient (Wildman–Crippen LogP) is 5.06. The van der Waals surface area contributed by atoms with Crippen molar-refractivity contribution < 1.29 is 4.79 Å². The summed E-state index contributed by atoms with van der Waals surface area (Å²) in [6.07, 6.45) is 3.93. The van der Waals surface area contributed by atoms with Gasteiger partial charge in [0.25, 0.3) is 5.91 Å². The quantitative estimate of drug-likeness (QED) is 0.561. The molecule has 0 saturated carbocycles. The highest BCUT2D eigenvalue weighted by Crippen LogP contribution is 2.45. The summed E-state index contributed by atoms with van der Waals surface area (Å²) in [5.74, 6) is 0.775. The molecule has 0 radical (unpaired) electrons. The third kappa shape index (κ3) is 3.03. The molecule has 32 heavy (non-hydrogen) atoms. The summed E-state index contributed by atoms with van der Waals surface area (Å²) < 4.78 is 0. The van der Waals surface area contributed by atoms with Crippen LogP contribution < -0.4 is 20.4 Å². The Morgan fingerprint density at radius 1 is 1.09 bits per heavy atom. The Bertz CT molecular complexity index is 1240. The molecule has 4 heterocycles. The molecule has 3 aliphatic rings. The number of carbonyl (C=O) groups excluding carboxylic acids is 1. The minimum atomic E-state index is -0.237. The van der Waals surface area contributed by atoms with Crippen molar-refractivity contribution in [2.24, 2.45) is 0 Å². The van der Waals surface area contributed by atoms with Crippen LogP contribution in [0.15, 0.2) is 42.6 Å². The third-order valence-electron chi connectivity index (χ3n) is 6.41. The van der Waals surface area contributed by atoms with E-state index >= 15 is 0 Å². The lowest BCUT2D eigenvalue weighted by atomic mass is 9.91. The maximum absolute atomic E-state index is 13.2. The van der Waals surface area contributed by atoms with Gasteiger partial charge in [-0.25, -0.2) is 4.98 Å². The summed E-state index contributed by atoms with van der Waals surface area (Å²) in [5.41, 5.74) is 4.57. The van der Waals surface area contributed by atoms with Crippen molar-refractivity contribution in [1.82, 2.24) is 15.3 Å². The zero-order chi connectivity index (χ0) is 22.0. The van der Waals surface area contributed by atoms with Gasteiger partial charge < -0.3 is 15.5 Å². The van der Waals surface area contributed by atoms with Crippen molar-refractivity contribution in [2.45, 2.75) is 24.9 Å². The number of carbonyl (C=O) groups is 1. The molecule has 1 amide bonds. The molecule has 1 aromatic heterocycles. The number of amides is 1. The number of rotatable bonds is 3. The van der Waals surface area contributed by atoms with Gasteiger partial charge in [0.2, 0.25) is 5.95 Å². The first-order valence-corrected chi connectivity index (χ1v) is 11.3. The molecule has 2 bridgehead atoms. The van der Waals surface area contributed by atoms with Crippen LogP contribution >= 0.6 is 23.2 Å². The van der Waals surface area contributed by atoms with Crippen LogP contribution in [0.4, 0.5) is 23.1 Å². The van der Waals surface area contributed by atoms with Gasteiger partial charge in [-0.1, -0.05) is 35.3 Å². The van der Waals surface area contributed by atoms with Gasteiger partial charge in [-0.05, 0) is 48.2 Å². The lowest BCUT2D eigenvalue weighted by Gasteiger charge is -2.35. The molecular weight excluding hydrogens is 447 g/mol. The zero-order valence-electron chi connectivity index (χ0n) is 17.3. The molecule has 162 valence electrons. The molecule has 3 aromatic rings. The van der Waals surface area contributed by atoms with Crippen LogP contribution in [0, 0.1) is 0 Å². The molecule has 2 N–H and O–H groups in total. The summed E-state index contributed by atoms with van der Waals surface area (Å²) >= 11 is 12.7. The Balaban J connectivity index is 1.30. The molecule has 6 rings (SSSR count). The zero-order valence-corrected chi connectivity index (χ0v) is 18.8. The minimum Gasteiger partial charge on any atom is -0.341 e. The third-order valence-corrected chi connectivity index (χ3v) is 7.02. The number of para-hydroxylation sites is 1. The number of halogens is 2. The number of nitrogens with zero attached hydrogens (tertiary/aromatic N) is 4.